The van der Waals surface area contributed by atoms with E-state index in [1.165, 1.54) is 60.4 Å². The molecule has 0 fully saturated rings. The van der Waals surface area contributed by atoms with Crippen molar-refractivity contribution in [3.8, 4) is 0 Å². The van der Waals surface area contributed by atoms with Crippen LogP contribution in [0.3, 0.4) is 0 Å². The second-order valence-electron chi connectivity index (χ2n) is 7.65. The molecule has 0 bridgehead atoms. The van der Waals surface area contributed by atoms with Crippen molar-refractivity contribution in [2.75, 3.05) is 23.0 Å². The molecule has 38 heavy (non-hydrogen) atoms. The standard InChI is InChI=1S/C28H30N4O6/c1-21(33)31(23-11-5-3-6-12-23)17-9-15-25(29)27(35)37-19-20-38-28(36)26(30)16-10-18-32(22(2)34)24-13-7-4-8-14-24/h3-18H,19-20,29-30H2,1-2H3/b17-9+,18-10+,25-15-,26-16-. The monoisotopic (exact) mass is 518 g/mol. The molecule has 0 aliphatic rings. The third-order valence-electron chi connectivity index (χ3n) is 4.79. The summed E-state index contributed by atoms with van der Waals surface area (Å²) in [5, 5.41) is 0. The van der Waals surface area contributed by atoms with Crippen LogP contribution in [0.15, 0.2) is 109 Å². The molecule has 2 rings (SSSR count). The van der Waals surface area contributed by atoms with Crippen LogP contribution in [-0.2, 0) is 28.7 Å². The van der Waals surface area contributed by atoms with Gasteiger partial charge in [0.05, 0.1) is 0 Å². The summed E-state index contributed by atoms with van der Waals surface area (Å²) < 4.78 is 9.94. The summed E-state index contributed by atoms with van der Waals surface area (Å²) in [6.07, 6.45) is 8.40. The van der Waals surface area contributed by atoms with Crippen molar-refractivity contribution in [2.45, 2.75) is 13.8 Å². The van der Waals surface area contributed by atoms with Gasteiger partial charge in [-0.1, -0.05) is 36.4 Å². The maximum Gasteiger partial charge on any atom is 0.354 e. The summed E-state index contributed by atoms with van der Waals surface area (Å²) in [6, 6.07) is 17.9. The largest absolute Gasteiger partial charge is 0.457 e. The summed E-state index contributed by atoms with van der Waals surface area (Å²) in [5.41, 5.74) is 12.3. The first-order valence-electron chi connectivity index (χ1n) is 11.5. The predicted molar refractivity (Wildman–Crippen MR) is 144 cm³/mol. The highest BCUT2D eigenvalue weighted by Crippen LogP contribution is 2.15. The van der Waals surface area contributed by atoms with Gasteiger partial charge in [-0.05, 0) is 48.6 Å². The molecule has 0 aromatic heterocycles. The summed E-state index contributed by atoms with van der Waals surface area (Å²) in [5.74, 6) is -2.09. The normalized spacial score (nSPS) is 11.8. The number of anilines is 2. The Balaban J connectivity index is 1.81. The Labute approximate surface area is 221 Å². The van der Waals surface area contributed by atoms with Crippen molar-refractivity contribution in [2.24, 2.45) is 11.5 Å². The zero-order valence-corrected chi connectivity index (χ0v) is 21.2. The number of hydrogen-bond donors (Lipinski definition) is 2. The van der Waals surface area contributed by atoms with Gasteiger partial charge >= 0.3 is 11.9 Å². The molecular weight excluding hydrogens is 488 g/mol. The fourth-order valence-corrected chi connectivity index (χ4v) is 2.96. The number of ether oxygens (including phenoxy) is 2. The second-order valence-corrected chi connectivity index (χ2v) is 7.65. The molecule has 0 saturated heterocycles. The van der Waals surface area contributed by atoms with Crippen molar-refractivity contribution >= 4 is 35.1 Å². The Morgan fingerprint density at radius 1 is 0.658 bits per heavy atom. The van der Waals surface area contributed by atoms with E-state index in [0.717, 1.165) is 0 Å². The van der Waals surface area contributed by atoms with Crippen LogP contribution in [0.1, 0.15) is 13.8 Å². The first-order chi connectivity index (χ1) is 18.2. The number of rotatable bonds is 11. The van der Waals surface area contributed by atoms with E-state index in [1.54, 1.807) is 48.5 Å². The molecule has 0 heterocycles. The Hall–Kier alpha value is -5.12. The van der Waals surface area contributed by atoms with Gasteiger partial charge in [-0.15, -0.1) is 0 Å². The fourth-order valence-electron chi connectivity index (χ4n) is 2.96. The number of allylic oxidation sites excluding steroid dienone is 4. The number of carbonyl (C=O) groups is 4. The quantitative estimate of drug-likeness (QED) is 0.200. The number of carbonyl (C=O) groups excluding carboxylic acids is 4. The SMILES string of the molecule is CC(=O)N(/C=C/C=C(\N)C(=O)OCCOC(=O)/C(N)=C/C=C/N(C(C)=O)c1ccccc1)c1ccccc1. The molecule has 2 aromatic rings. The molecule has 0 unspecified atom stereocenters. The molecule has 0 aliphatic carbocycles. The summed E-state index contributed by atoms with van der Waals surface area (Å²) in [4.78, 5) is 50.6. The lowest BCUT2D eigenvalue weighted by Crippen LogP contribution is -2.22. The topological polar surface area (TPSA) is 145 Å². The van der Waals surface area contributed by atoms with Crippen LogP contribution < -0.4 is 21.3 Å². The fraction of sp³-hybridized carbons (Fsp3) is 0.143. The molecule has 10 nitrogen and oxygen atoms in total. The molecule has 198 valence electrons. The van der Waals surface area contributed by atoms with Crippen molar-refractivity contribution in [3.05, 3.63) is 109 Å². The van der Waals surface area contributed by atoms with Crippen LogP contribution in [0.4, 0.5) is 11.4 Å². The Kier molecular flexibility index (Phi) is 11.6. The van der Waals surface area contributed by atoms with Crippen LogP contribution in [0, 0.1) is 0 Å². The van der Waals surface area contributed by atoms with Crippen molar-refractivity contribution in [3.63, 3.8) is 0 Å². The van der Waals surface area contributed by atoms with Crippen LogP contribution in [0.25, 0.3) is 0 Å². The number of para-hydroxylation sites is 2. The minimum atomic E-state index is -0.823. The van der Waals surface area contributed by atoms with Gasteiger partial charge in [-0.2, -0.15) is 0 Å². The van der Waals surface area contributed by atoms with Crippen LogP contribution >= 0.6 is 0 Å². The number of amides is 2. The average molecular weight is 519 g/mol. The van der Waals surface area contributed by atoms with E-state index < -0.39 is 11.9 Å². The lowest BCUT2D eigenvalue weighted by molar-refractivity contribution is -0.147. The van der Waals surface area contributed by atoms with Crippen molar-refractivity contribution in [1.29, 1.82) is 0 Å². The van der Waals surface area contributed by atoms with E-state index >= 15 is 0 Å². The highest BCUT2D eigenvalue weighted by molar-refractivity contribution is 5.94. The molecule has 2 amide bonds. The van der Waals surface area contributed by atoms with E-state index in [1.807, 2.05) is 12.1 Å². The van der Waals surface area contributed by atoms with Gasteiger partial charge in [-0.3, -0.25) is 19.4 Å². The van der Waals surface area contributed by atoms with Gasteiger partial charge < -0.3 is 20.9 Å². The highest BCUT2D eigenvalue weighted by Gasteiger charge is 2.11. The number of nitrogens with zero attached hydrogens (tertiary/aromatic N) is 2. The second kappa shape index (κ2) is 15.1. The molecular formula is C28H30N4O6. The van der Waals surface area contributed by atoms with E-state index in [0.29, 0.717) is 11.4 Å². The summed E-state index contributed by atoms with van der Waals surface area (Å²) in [7, 11) is 0. The molecule has 4 N–H and O–H groups in total. The zero-order chi connectivity index (χ0) is 27.9. The van der Waals surface area contributed by atoms with Crippen molar-refractivity contribution < 1.29 is 28.7 Å². The van der Waals surface area contributed by atoms with E-state index in [9.17, 15) is 19.2 Å². The van der Waals surface area contributed by atoms with Gasteiger partial charge in [0.1, 0.15) is 24.6 Å². The van der Waals surface area contributed by atoms with E-state index in [4.69, 9.17) is 20.9 Å². The Morgan fingerprint density at radius 3 is 1.32 bits per heavy atom. The summed E-state index contributed by atoms with van der Waals surface area (Å²) >= 11 is 0. The molecule has 0 saturated carbocycles. The van der Waals surface area contributed by atoms with Crippen LogP contribution in [0.2, 0.25) is 0 Å². The number of benzene rings is 2. The minimum Gasteiger partial charge on any atom is -0.457 e. The van der Waals surface area contributed by atoms with Gasteiger partial charge in [0.2, 0.25) is 11.8 Å². The smallest absolute Gasteiger partial charge is 0.354 e. The molecule has 0 spiro atoms. The Morgan fingerprint density at radius 2 is 1.00 bits per heavy atom. The lowest BCUT2D eigenvalue weighted by atomic mass is 10.3. The lowest BCUT2D eigenvalue weighted by Gasteiger charge is -2.15. The van der Waals surface area contributed by atoms with E-state index in [-0.39, 0.29) is 36.4 Å². The average Bonchev–Trinajstić information content (AvgIpc) is 2.91. The molecule has 0 atom stereocenters. The van der Waals surface area contributed by atoms with Gasteiger partial charge in [-0.25, -0.2) is 9.59 Å². The highest BCUT2D eigenvalue weighted by atomic mass is 16.6. The zero-order valence-electron chi connectivity index (χ0n) is 21.2. The van der Waals surface area contributed by atoms with Crippen molar-refractivity contribution in [1.82, 2.24) is 0 Å². The van der Waals surface area contributed by atoms with Crippen LogP contribution in [-0.4, -0.2) is 37.0 Å². The minimum absolute atomic E-state index is 0.206. The number of hydrogen-bond acceptors (Lipinski definition) is 8. The number of esters is 2. The Bertz CT molecular complexity index is 1140. The first kappa shape index (κ1) is 29.1. The van der Waals surface area contributed by atoms with Gasteiger partial charge in [0.25, 0.3) is 0 Å². The van der Waals surface area contributed by atoms with Gasteiger partial charge in [0, 0.05) is 37.6 Å². The third kappa shape index (κ3) is 9.50. The molecule has 0 radical (unpaired) electrons. The van der Waals surface area contributed by atoms with Crippen LogP contribution in [0.5, 0.6) is 0 Å². The maximum absolute atomic E-state index is 12.0. The molecule has 10 heteroatoms. The maximum atomic E-state index is 12.0. The predicted octanol–water partition coefficient (Wildman–Crippen LogP) is 2.89. The molecule has 0 aliphatic heterocycles. The molecule has 2 aromatic carbocycles. The summed E-state index contributed by atoms with van der Waals surface area (Å²) in [6.45, 7) is 2.32. The van der Waals surface area contributed by atoms with E-state index in [2.05, 4.69) is 0 Å². The van der Waals surface area contributed by atoms with Gasteiger partial charge in [0.15, 0.2) is 0 Å². The number of nitrogens with two attached hydrogens (primary N) is 2. The first-order valence-corrected chi connectivity index (χ1v) is 11.5. The third-order valence-corrected chi connectivity index (χ3v) is 4.79.